The Hall–Kier alpha value is -0.830. The molecule has 0 saturated heterocycles. The van der Waals surface area contributed by atoms with E-state index in [2.05, 4.69) is 18.1 Å². The Morgan fingerprint density at radius 2 is 2.67 bits per heavy atom. The standard InChI is InChI=1S/C6H5N2S/c1-5-4-8-3-2-7-6(8)9-5/h3-4H,1H3. The van der Waals surface area contributed by atoms with Crippen molar-refractivity contribution >= 4 is 16.3 Å². The van der Waals surface area contributed by atoms with Crippen molar-refractivity contribution in [2.75, 3.05) is 0 Å². The minimum Gasteiger partial charge on any atom is -0.297 e. The maximum Gasteiger partial charge on any atom is 0.194 e. The summed E-state index contributed by atoms with van der Waals surface area (Å²) >= 11 is 1.68. The van der Waals surface area contributed by atoms with E-state index in [0.29, 0.717) is 0 Å². The molecule has 0 saturated carbocycles. The van der Waals surface area contributed by atoms with Gasteiger partial charge in [0.15, 0.2) is 4.96 Å². The van der Waals surface area contributed by atoms with E-state index < -0.39 is 0 Å². The lowest BCUT2D eigenvalue weighted by Gasteiger charge is -1.72. The third-order valence-corrected chi connectivity index (χ3v) is 2.06. The van der Waals surface area contributed by atoms with Crippen molar-refractivity contribution in [2.45, 2.75) is 6.92 Å². The third-order valence-electron chi connectivity index (χ3n) is 1.15. The monoisotopic (exact) mass is 137 g/mol. The number of fused-ring (bicyclic) bond motifs is 1. The zero-order valence-electron chi connectivity index (χ0n) is 4.96. The first-order valence-corrected chi connectivity index (χ1v) is 3.49. The molecule has 0 fully saturated rings. The van der Waals surface area contributed by atoms with Gasteiger partial charge in [-0.25, -0.2) is 4.98 Å². The van der Waals surface area contributed by atoms with Crippen molar-refractivity contribution in [3.63, 3.8) is 0 Å². The molecule has 0 atom stereocenters. The van der Waals surface area contributed by atoms with Crippen LogP contribution in [0.15, 0.2) is 12.4 Å². The molecule has 2 rings (SSSR count). The quantitative estimate of drug-likeness (QED) is 0.538. The van der Waals surface area contributed by atoms with Crippen molar-refractivity contribution in [3.8, 4) is 0 Å². The molecule has 0 aliphatic rings. The Bertz CT molecular complexity index is 292. The Balaban J connectivity index is 2.92. The molecule has 45 valence electrons. The molecule has 0 amide bonds. The van der Waals surface area contributed by atoms with Crippen LogP contribution >= 0.6 is 11.3 Å². The fraction of sp³-hybridized carbons (Fsp3) is 0.167. The number of rotatable bonds is 0. The summed E-state index contributed by atoms with van der Waals surface area (Å²) in [6.45, 7) is 2.07. The number of aryl methyl sites for hydroxylation is 1. The molecule has 0 aliphatic carbocycles. The molecule has 2 heterocycles. The first kappa shape index (κ1) is 4.99. The van der Waals surface area contributed by atoms with E-state index in [4.69, 9.17) is 0 Å². The van der Waals surface area contributed by atoms with E-state index in [1.165, 1.54) is 4.88 Å². The number of hydrogen-bond acceptors (Lipinski definition) is 2. The summed E-state index contributed by atoms with van der Waals surface area (Å²) in [7, 11) is 0. The van der Waals surface area contributed by atoms with E-state index in [0.717, 1.165) is 4.96 Å². The fourth-order valence-electron chi connectivity index (χ4n) is 0.793. The predicted molar refractivity (Wildman–Crippen MR) is 36.6 cm³/mol. The molecule has 0 N–H and O–H groups in total. The van der Waals surface area contributed by atoms with Gasteiger partial charge in [0.25, 0.3) is 0 Å². The molecule has 3 heteroatoms. The van der Waals surface area contributed by atoms with E-state index in [1.54, 1.807) is 11.3 Å². The lowest BCUT2D eigenvalue weighted by atomic mass is 10.6. The minimum absolute atomic E-state index is 1.02. The van der Waals surface area contributed by atoms with Gasteiger partial charge in [-0.05, 0) is 6.92 Å². The van der Waals surface area contributed by atoms with Crippen LogP contribution in [0.25, 0.3) is 4.96 Å². The van der Waals surface area contributed by atoms with Gasteiger partial charge in [0, 0.05) is 17.3 Å². The second kappa shape index (κ2) is 1.57. The van der Waals surface area contributed by atoms with Gasteiger partial charge in [0.05, 0.1) is 0 Å². The van der Waals surface area contributed by atoms with Crippen molar-refractivity contribution in [1.29, 1.82) is 0 Å². The van der Waals surface area contributed by atoms with Gasteiger partial charge in [-0.2, -0.15) is 0 Å². The smallest absolute Gasteiger partial charge is 0.194 e. The summed E-state index contributed by atoms with van der Waals surface area (Å²) < 4.78 is 1.97. The number of aromatic nitrogens is 2. The molecular formula is C6H5N2S. The highest BCUT2D eigenvalue weighted by molar-refractivity contribution is 7.16. The summed E-state index contributed by atoms with van der Waals surface area (Å²) in [6, 6.07) is 0. The van der Waals surface area contributed by atoms with Gasteiger partial charge in [0.1, 0.15) is 6.20 Å². The highest BCUT2D eigenvalue weighted by Gasteiger charge is 1.95. The van der Waals surface area contributed by atoms with Gasteiger partial charge in [-0.1, -0.05) is 0 Å². The van der Waals surface area contributed by atoms with Crippen LogP contribution in [0.3, 0.4) is 0 Å². The SMILES string of the molecule is Cc1cn2c[c]nc2s1. The average molecular weight is 137 g/mol. The lowest BCUT2D eigenvalue weighted by Crippen LogP contribution is -1.67. The average Bonchev–Trinajstić information content (AvgIpc) is 2.22. The first-order chi connectivity index (χ1) is 4.36. The normalized spacial score (nSPS) is 10.8. The summed E-state index contributed by atoms with van der Waals surface area (Å²) in [5.74, 6) is 0. The van der Waals surface area contributed by atoms with Crippen LogP contribution in [0, 0.1) is 13.1 Å². The third kappa shape index (κ3) is 0.650. The molecular weight excluding hydrogens is 132 g/mol. The summed E-state index contributed by atoms with van der Waals surface area (Å²) in [4.78, 5) is 6.30. The number of hydrogen-bond donors (Lipinski definition) is 0. The Morgan fingerprint density at radius 3 is 3.44 bits per heavy atom. The summed E-state index contributed by atoms with van der Waals surface area (Å²) in [5, 5.41) is 0. The lowest BCUT2D eigenvalue weighted by molar-refractivity contribution is 1.22. The molecule has 2 aromatic heterocycles. The van der Waals surface area contributed by atoms with Crippen molar-refractivity contribution < 1.29 is 0 Å². The molecule has 0 spiro atoms. The zero-order valence-corrected chi connectivity index (χ0v) is 5.77. The van der Waals surface area contributed by atoms with Crippen LogP contribution in [0.4, 0.5) is 0 Å². The molecule has 0 bridgehead atoms. The van der Waals surface area contributed by atoms with Crippen LogP contribution in [0.1, 0.15) is 4.88 Å². The molecule has 1 radical (unpaired) electrons. The number of imidazole rings is 1. The predicted octanol–water partition coefficient (Wildman–Crippen LogP) is 1.50. The van der Waals surface area contributed by atoms with Crippen LogP contribution < -0.4 is 0 Å². The van der Waals surface area contributed by atoms with Crippen molar-refractivity contribution in [3.05, 3.63) is 23.5 Å². The van der Waals surface area contributed by atoms with E-state index >= 15 is 0 Å². The molecule has 0 unspecified atom stereocenters. The summed E-state index contributed by atoms with van der Waals surface area (Å²) in [5.41, 5.74) is 0. The Kier molecular flexibility index (Phi) is 0.873. The minimum atomic E-state index is 1.02. The van der Waals surface area contributed by atoms with Gasteiger partial charge >= 0.3 is 0 Å². The molecule has 0 aliphatic heterocycles. The van der Waals surface area contributed by atoms with Crippen LogP contribution in [0.5, 0.6) is 0 Å². The highest BCUT2D eigenvalue weighted by Crippen LogP contribution is 2.13. The molecule has 0 aromatic carbocycles. The second-order valence-corrected chi connectivity index (χ2v) is 3.11. The number of thiazole rings is 1. The molecule has 2 nitrogen and oxygen atoms in total. The second-order valence-electron chi connectivity index (χ2n) is 1.90. The van der Waals surface area contributed by atoms with E-state index in [-0.39, 0.29) is 0 Å². The van der Waals surface area contributed by atoms with E-state index in [9.17, 15) is 0 Å². The van der Waals surface area contributed by atoms with Crippen molar-refractivity contribution in [2.24, 2.45) is 0 Å². The highest BCUT2D eigenvalue weighted by atomic mass is 32.1. The Morgan fingerprint density at radius 1 is 1.78 bits per heavy atom. The summed E-state index contributed by atoms with van der Waals surface area (Å²) in [6.07, 6.45) is 6.65. The van der Waals surface area contributed by atoms with Crippen molar-refractivity contribution in [1.82, 2.24) is 9.38 Å². The molecule has 2 aromatic rings. The zero-order chi connectivity index (χ0) is 6.27. The van der Waals surface area contributed by atoms with Gasteiger partial charge in [-0.15, -0.1) is 11.3 Å². The topological polar surface area (TPSA) is 17.3 Å². The van der Waals surface area contributed by atoms with Crippen LogP contribution in [-0.2, 0) is 0 Å². The maximum atomic E-state index is 4.00. The largest absolute Gasteiger partial charge is 0.297 e. The Labute approximate surface area is 56.8 Å². The van der Waals surface area contributed by atoms with Gasteiger partial charge in [0.2, 0.25) is 0 Å². The van der Waals surface area contributed by atoms with E-state index in [1.807, 2.05) is 16.8 Å². The molecule has 9 heavy (non-hydrogen) atoms. The first-order valence-electron chi connectivity index (χ1n) is 2.67. The van der Waals surface area contributed by atoms with Gasteiger partial charge < -0.3 is 0 Å². The van der Waals surface area contributed by atoms with Crippen LogP contribution in [0.2, 0.25) is 0 Å². The maximum absolute atomic E-state index is 4.00. The number of nitrogens with zero attached hydrogens (tertiary/aromatic N) is 2. The fourth-order valence-corrected chi connectivity index (χ4v) is 1.56. The van der Waals surface area contributed by atoms with Gasteiger partial charge in [-0.3, -0.25) is 4.40 Å². The van der Waals surface area contributed by atoms with Crippen LogP contribution in [-0.4, -0.2) is 9.38 Å².